The molecular weight excluding hydrogens is 508 g/mol. The first-order chi connectivity index (χ1) is 20.2. The van der Waals surface area contributed by atoms with Crippen LogP contribution in [0.15, 0.2) is 140 Å². The van der Waals surface area contributed by atoms with Gasteiger partial charge in [-0.25, -0.2) is 0 Å². The lowest BCUT2D eigenvalue weighted by atomic mass is 10.0. The molecule has 4 heteroatoms. The Hall–Kier alpha value is -4.06. The molecule has 0 bridgehead atoms. The van der Waals surface area contributed by atoms with Crippen molar-refractivity contribution in [1.82, 2.24) is 0 Å². The Morgan fingerprint density at radius 2 is 1.10 bits per heavy atom. The quantitative estimate of drug-likeness (QED) is 0.156. The van der Waals surface area contributed by atoms with E-state index in [9.17, 15) is 5.11 Å². The Bertz CT molecular complexity index is 1490. The molecule has 0 aromatic heterocycles. The van der Waals surface area contributed by atoms with Gasteiger partial charge in [0.1, 0.15) is 18.3 Å². The van der Waals surface area contributed by atoms with Crippen molar-refractivity contribution in [3.63, 3.8) is 0 Å². The molecule has 0 aliphatic rings. The second-order valence-electron chi connectivity index (χ2n) is 10.1. The molecule has 0 unspecified atom stereocenters. The minimum atomic E-state index is -0.913. The standard InChI is InChI=1S/C37H36O4/c38-35(28-39-25-30-12-4-1-5-13-30)37(41-27-32-16-8-3-9-17-32)36(40-26-31-14-6-2-7-15-31)23-21-29-20-22-33-18-10-11-19-34(33)24-29/h1-24,35-38H,25-28H2/b23-21+/t35-,36-,37-/m1/s1. The minimum absolute atomic E-state index is 0.114. The smallest absolute Gasteiger partial charge is 0.116 e. The highest BCUT2D eigenvalue weighted by Crippen LogP contribution is 2.21. The van der Waals surface area contributed by atoms with Crippen molar-refractivity contribution in [2.75, 3.05) is 6.61 Å². The van der Waals surface area contributed by atoms with Gasteiger partial charge in [0.05, 0.1) is 26.4 Å². The Morgan fingerprint density at radius 3 is 1.73 bits per heavy atom. The van der Waals surface area contributed by atoms with E-state index in [1.54, 1.807) is 0 Å². The summed E-state index contributed by atoms with van der Waals surface area (Å²) >= 11 is 0. The number of aliphatic hydroxyl groups is 1. The Morgan fingerprint density at radius 1 is 0.561 bits per heavy atom. The van der Waals surface area contributed by atoms with E-state index in [4.69, 9.17) is 14.2 Å². The monoisotopic (exact) mass is 544 g/mol. The van der Waals surface area contributed by atoms with Gasteiger partial charge in [0.2, 0.25) is 0 Å². The van der Waals surface area contributed by atoms with E-state index >= 15 is 0 Å². The normalized spacial score (nSPS) is 13.8. The summed E-state index contributed by atoms with van der Waals surface area (Å²) in [6.07, 6.45) is 1.93. The highest BCUT2D eigenvalue weighted by molar-refractivity contribution is 5.84. The zero-order valence-corrected chi connectivity index (χ0v) is 23.1. The lowest BCUT2D eigenvalue weighted by molar-refractivity contribution is -0.133. The molecule has 5 rings (SSSR count). The van der Waals surface area contributed by atoms with Crippen LogP contribution in [0.4, 0.5) is 0 Å². The molecule has 0 saturated carbocycles. The molecule has 41 heavy (non-hydrogen) atoms. The maximum Gasteiger partial charge on any atom is 0.116 e. The summed E-state index contributed by atoms with van der Waals surface area (Å²) in [7, 11) is 0. The second-order valence-corrected chi connectivity index (χ2v) is 10.1. The molecule has 0 spiro atoms. The minimum Gasteiger partial charge on any atom is -0.388 e. The largest absolute Gasteiger partial charge is 0.388 e. The van der Waals surface area contributed by atoms with Crippen molar-refractivity contribution in [1.29, 1.82) is 0 Å². The van der Waals surface area contributed by atoms with Crippen LogP contribution < -0.4 is 0 Å². The summed E-state index contributed by atoms with van der Waals surface area (Å²) < 4.78 is 18.8. The molecule has 0 aliphatic heterocycles. The predicted octanol–water partition coefficient (Wildman–Crippen LogP) is 7.60. The summed E-state index contributed by atoms with van der Waals surface area (Å²) in [5, 5.41) is 13.8. The molecule has 0 radical (unpaired) electrons. The average molecular weight is 545 g/mol. The van der Waals surface area contributed by atoms with Gasteiger partial charge in [-0.1, -0.05) is 140 Å². The molecule has 5 aromatic carbocycles. The number of ether oxygens (including phenoxy) is 3. The average Bonchev–Trinajstić information content (AvgIpc) is 3.03. The number of hydrogen-bond acceptors (Lipinski definition) is 4. The molecule has 1 N–H and O–H groups in total. The van der Waals surface area contributed by atoms with E-state index in [2.05, 4.69) is 30.3 Å². The molecule has 0 aliphatic carbocycles. The third-order valence-corrected chi connectivity index (χ3v) is 6.93. The molecule has 0 amide bonds. The number of hydrogen-bond donors (Lipinski definition) is 1. The van der Waals surface area contributed by atoms with Crippen LogP contribution in [0, 0.1) is 0 Å². The summed E-state index contributed by atoms with van der Waals surface area (Å²) in [6.45, 7) is 1.25. The lowest BCUT2D eigenvalue weighted by Gasteiger charge is -2.29. The Balaban J connectivity index is 1.37. The fraction of sp³-hybridized carbons (Fsp3) is 0.189. The van der Waals surface area contributed by atoms with Gasteiger partial charge in [-0.05, 0) is 39.1 Å². The highest BCUT2D eigenvalue weighted by Gasteiger charge is 2.29. The van der Waals surface area contributed by atoms with Crippen molar-refractivity contribution in [3.8, 4) is 0 Å². The molecule has 0 saturated heterocycles. The van der Waals surface area contributed by atoms with Crippen molar-refractivity contribution < 1.29 is 19.3 Å². The molecule has 5 aromatic rings. The molecule has 3 atom stereocenters. The van der Waals surface area contributed by atoms with Gasteiger partial charge < -0.3 is 19.3 Å². The number of rotatable bonds is 14. The van der Waals surface area contributed by atoms with Gasteiger partial charge >= 0.3 is 0 Å². The lowest BCUT2D eigenvalue weighted by Crippen LogP contribution is -2.42. The van der Waals surface area contributed by atoms with E-state index in [-0.39, 0.29) is 6.61 Å². The van der Waals surface area contributed by atoms with Crippen LogP contribution in [0.5, 0.6) is 0 Å². The highest BCUT2D eigenvalue weighted by atomic mass is 16.6. The van der Waals surface area contributed by atoms with Gasteiger partial charge in [0.15, 0.2) is 0 Å². The molecular formula is C37H36O4. The fourth-order valence-electron chi connectivity index (χ4n) is 4.70. The van der Waals surface area contributed by atoms with Crippen molar-refractivity contribution >= 4 is 16.8 Å². The third kappa shape index (κ3) is 8.71. The van der Waals surface area contributed by atoms with Crippen LogP contribution in [-0.2, 0) is 34.0 Å². The summed E-state index contributed by atoms with van der Waals surface area (Å²) in [4.78, 5) is 0. The Kier molecular flexibility index (Phi) is 10.5. The first-order valence-corrected chi connectivity index (χ1v) is 14.0. The van der Waals surface area contributed by atoms with Crippen LogP contribution in [-0.4, -0.2) is 30.0 Å². The predicted molar refractivity (Wildman–Crippen MR) is 165 cm³/mol. The second kappa shape index (κ2) is 15.1. The molecule has 4 nitrogen and oxygen atoms in total. The van der Waals surface area contributed by atoms with Crippen LogP contribution >= 0.6 is 0 Å². The maximum absolute atomic E-state index is 11.4. The number of benzene rings is 5. The molecule has 0 fully saturated rings. The summed E-state index contributed by atoms with van der Waals surface area (Å²) in [6, 6.07) is 44.6. The van der Waals surface area contributed by atoms with Crippen LogP contribution in [0.25, 0.3) is 16.8 Å². The SMILES string of the molecule is O[C@H](COCc1ccccc1)[C@@H](OCc1ccccc1)[C@@H](/C=C/c1ccc2ccccc2c1)OCc1ccccc1. The zero-order chi connectivity index (χ0) is 28.1. The van der Waals surface area contributed by atoms with Gasteiger partial charge in [-0.2, -0.15) is 0 Å². The van der Waals surface area contributed by atoms with Gasteiger partial charge in [0, 0.05) is 0 Å². The topological polar surface area (TPSA) is 47.9 Å². The van der Waals surface area contributed by atoms with Crippen molar-refractivity contribution in [2.45, 2.75) is 38.1 Å². The van der Waals surface area contributed by atoms with Crippen molar-refractivity contribution in [3.05, 3.63) is 162 Å². The Labute approximate surface area is 242 Å². The first kappa shape index (κ1) is 28.5. The molecule has 208 valence electrons. The first-order valence-electron chi connectivity index (χ1n) is 14.0. The van der Waals surface area contributed by atoms with Gasteiger partial charge in [0.25, 0.3) is 0 Å². The van der Waals surface area contributed by atoms with E-state index in [1.165, 1.54) is 10.8 Å². The van der Waals surface area contributed by atoms with E-state index in [0.717, 1.165) is 22.3 Å². The van der Waals surface area contributed by atoms with E-state index in [1.807, 2.05) is 115 Å². The summed E-state index contributed by atoms with van der Waals surface area (Å²) in [5.74, 6) is 0. The van der Waals surface area contributed by atoms with E-state index in [0.29, 0.717) is 19.8 Å². The maximum atomic E-state index is 11.4. The third-order valence-electron chi connectivity index (χ3n) is 6.93. The zero-order valence-electron chi connectivity index (χ0n) is 23.1. The number of aliphatic hydroxyl groups excluding tert-OH is 1. The van der Waals surface area contributed by atoms with Crippen LogP contribution in [0.3, 0.4) is 0 Å². The number of fused-ring (bicyclic) bond motifs is 1. The van der Waals surface area contributed by atoms with Crippen LogP contribution in [0.2, 0.25) is 0 Å². The fourth-order valence-corrected chi connectivity index (χ4v) is 4.70. The van der Waals surface area contributed by atoms with Crippen LogP contribution in [0.1, 0.15) is 22.3 Å². The van der Waals surface area contributed by atoms with E-state index < -0.39 is 18.3 Å². The van der Waals surface area contributed by atoms with Crippen molar-refractivity contribution in [2.24, 2.45) is 0 Å². The van der Waals surface area contributed by atoms with Gasteiger partial charge in [-0.15, -0.1) is 0 Å². The van der Waals surface area contributed by atoms with Gasteiger partial charge in [-0.3, -0.25) is 0 Å². The molecule has 0 heterocycles. The summed E-state index contributed by atoms with van der Waals surface area (Å²) in [5.41, 5.74) is 4.17.